The standard InChI is InChI=1S/C17H21NO4/c19-16(10-14-7-4-8-21-11-14)18-15(12-22-17(18)20)9-13-5-2-1-3-6-13/h1-3,5-6,14-15H,4,7-12H2/t14?,15-/m1/s1. The Bertz CT molecular complexity index is 525. The molecule has 0 radical (unpaired) electrons. The molecule has 5 heteroatoms. The lowest BCUT2D eigenvalue weighted by molar-refractivity contribution is -0.131. The Hall–Kier alpha value is -1.88. The highest BCUT2D eigenvalue weighted by atomic mass is 16.6. The highest BCUT2D eigenvalue weighted by molar-refractivity contribution is 5.93. The minimum absolute atomic E-state index is 0.140. The summed E-state index contributed by atoms with van der Waals surface area (Å²) >= 11 is 0. The second kappa shape index (κ2) is 6.92. The van der Waals surface area contributed by atoms with Gasteiger partial charge in [0, 0.05) is 19.6 Å². The molecule has 1 unspecified atom stereocenters. The van der Waals surface area contributed by atoms with E-state index < -0.39 is 6.09 Å². The average Bonchev–Trinajstić information content (AvgIpc) is 2.90. The molecule has 3 rings (SSSR count). The molecule has 2 aliphatic rings. The molecular weight excluding hydrogens is 282 g/mol. The van der Waals surface area contributed by atoms with Crippen LogP contribution in [0.15, 0.2) is 30.3 Å². The van der Waals surface area contributed by atoms with Gasteiger partial charge in [-0.1, -0.05) is 30.3 Å². The van der Waals surface area contributed by atoms with Gasteiger partial charge in [-0.3, -0.25) is 4.79 Å². The number of cyclic esters (lactones) is 1. The molecule has 0 aliphatic carbocycles. The maximum Gasteiger partial charge on any atom is 0.416 e. The third-order valence-corrected chi connectivity index (χ3v) is 4.26. The number of nitrogens with zero attached hydrogens (tertiary/aromatic N) is 1. The van der Waals surface area contributed by atoms with E-state index >= 15 is 0 Å². The lowest BCUT2D eigenvalue weighted by Gasteiger charge is -2.25. The molecule has 2 atom stereocenters. The second-order valence-electron chi connectivity index (χ2n) is 5.97. The summed E-state index contributed by atoms with van der Waals surface area (Å²) in [5.74, 6) is 0.0750. The molecule has 0 saturated carbocycles. The van der Waals surface area contributed by atoms with Crippen LogP contribution in [0.25, 0.3) is 0 Å². The van der Waals surface area contributed by atoms with Crippen molar-refractivity contribution in [3.63, 3.8) is 0 Å². The van der Waals surface area contributed by atoms with Gasteiger partial charge in [0.05, 0.1) is 6.04 Å². The maximum atomic E-state index is 12.5. The van der Waals surface area contributed by atoms with E-state index in [4.69, 9.17) is 9.47 Å². The first-order valence-corrected chi connectivity index (χ1v) is 7.84. The zero-order chi connectivity index (χ0) is 15.4. The minimum atomic E-state index is -0.511. The quantitative estimate of drug-likeness (QED) is 0.857. The van der Waals surface area contributed by atoms with Crippen molar-refractivity contribution in [2.45, 2.75) is 31.7 Å². The Balaban J connectivity index is 1.63. The Kier molecular flexibility index (Phi) is 4.73. The Morgan fingerprint density at radius 1 is 1.23 bits per heavy atom. The molecular formula is C17H21NO4. The minimum Gasteiger partial charge on any atom is -0.447 e. The topological polar surface area (TPSA) is 55.8 Å². The number of benzene rings is 1. The van der Waals surface area contributed by atoms with Crippen molar-refractivity contribution in [1.29, 1.82) is 0 Å². The average molecular weight is 303 g/mol. The van der Waals surface area contributed by atoms with Gasteiger partial charge in [-0.05, 0) is 30.7 Å². The highest BCUT2D eigenvalue weighted by Crippen LogP contribution is 2.23. The van der Waals surface area contributed by atoms with Crippen molar-refractivity contribution in [1.82, 2.24) is 4.90 Å². The molecule has 2 aliphatic heterocycles. The molecule has 0 bridgehead atoms. The SMILES string of the molecule is O=C(CC1CCCOC1)N1C(=O)OC[C@H]1Cc1ccccc1. The summed E-state index contributed by atoms with van der Waals surface area (Å²) in [5.41, 5.74) is 1.10. The van der Waals surface area contributed by atoms with Crippen LogP contribution in [0.3, 0.4) is 0 Å². The van der Waals surface area contributed by atoms with E-state index in [-0.39, 0.29) is 24.5 Å². The van der Waals surface area contributed by atoms with Crippen molar-refractivity contribution in [3.8, 4) is 0 Å². The summed E-state index contributed by atoms with van der Waals surface area (Å²) in [5, 5.41) is 0. The molecule has 22 heavy (non-hydrogen) atoms. The third kappa shape index (κ3) is 3.47. The molecule has 1 aromatic rings. The molecule has 5 nitrogen and oxygen atoms in total. The van der Waals surface area contributed by atoms with E-state index in [1.165, 1.54) is 4.90 Å². The van der Waals surface area contributed by atoms with Crippen LogP contribution in [0.1, 0.15) is 24.8 Å². The van der Waals surface area contributed by atoms with E-state index in [0.29, 0.717) is 19.4 Å². The normalized spacial score (nSPS) is 25.1. The van der Waals surface area contributed by atoms with Gasteiger partial charge in [0.15, 0.2) is 0 Å². The van der Waals surface area contributed by atoms with Crippen molar-refractivity contribution >= 4 is 12.0 Å². The van der Waals surface area contributed by atoms with E-state index in [0.717, 1.165) is 25.0 Å². The predicted molar refractivity (Wildman–Crippen MR) is 80.3 cm³/mol. The summed E-state index contributed by atoms with van der Waals surface area (Å²) in [6.07, 6.45) is 2.45. The van der Waals surface area contributed by atoms with E-state index in [9.17, 15) is 9.59 Å². The van der Waals surface area contributed by atoms with Crippen molar-refractivity contribution in [2.75, 3.05) is 19.8 Å². The monoisotopic (exact) mass is 303 g/mol. The molecule has 0 spiro atoms. The fraction of sp³-hybridized carbons (Fsp3) is 0.529. The van der Waals surface area contributed by atoms with E-state index in [1.807, 2.05) is 30.3 Å². The zero-order valence-corrected chi connectivity index (χ0v) is 12.6. The predicted octanol–water partition coefficient (Wildman–Crippen LogP) is 2.39. The molecule has 2 heterocycles. The number of hydrogen-bond donors (Lipinski definition) is 0. The molecule has 2 amide bonds. The molecule has 1 aromatic carbocycles. The number of ether oxygens (including phenoxy) is 2. The van der Waals surface area contributed by atoms with Crippen LogP contribution in [0.4, 0.5) is 4.79 Å². The lowest BCUT2D eigenvalue weighted by atomic mass is 9.97. The van der Waals surface area contributed by atoms with Gasteiger partial charge in [-0.25, -0.2) is 9.69 Å². The lowest BCUT2D eigenvalue weighted by Crippen LogP contribution is -2.41. The van der Waals surface area contributed by atoms with Crippen LogP contribution in [0, 0.1) is 5.92 Å². The number of hydrogen-bond acceptors (Lipinski definition) is 4. The summed E-state index contributed by atoms with van der Waals surface area (Å²) < 4.78 is 10.5. The molecule has 2 fully saturated rings. The first-order valence-electron chi connectivity index (χ1n) is 7.84. The van der Waals surface area contributed by atoms with Gasteiger partial charge in [0.1, 0.15) is 6.61 Å². The van der Waals surface area contributed by atoms with Gasteiger partial charge in [-0.2, -0.15) is 0 Å². The molecule has 118 valence electrons. The summed E-state index contributed by atoms with van der Waals surface area (Å²) in [4.78, 5) is 25.7. The summed E-state index contributed by atoms with van der Waals surface area (Å²) in [6.45, 7) is 1.66. The van der Waals surface area contributed by atoms with Gasteiger partial charge in [-0.15, -0.1) is 0 Å². The summed E-state index contributed by atoms with van der Waals surface area (Å²) in [6, 6.07) is 9.66. The van der Waals surface area contributed by atoms with Crippen LogP contribution in [0.2, 0.25) is 0 Å². The smallest absolute Gasteiger partial charge is 0.416 e. The van der Waals surface area contributed by atoms with Crippen LogP contribution < -0.4 is 0 Å². The summed E-state index contributed by atoms with van der Waals surface area (Å²) in [7, 11) is 0. The Morgan fingerprint density at radius 2 is 2.05 bits per heavy atom. The zero-order valence-electron chi connectivity index (χ0n) is 12.6. The van der Waals surface area contributed by atoms with Gasteiger partial charge < -0.3 is 9.47 Å². The van der Waals surface area contributed by atoms with Crippen molar-refractivity contribution < 1.29 is 19.1 Å². The number of amides is 2. The Labute approximate surface area is 130 Å². The van der Waals surface area contributed by atoms with Crippen molar-refractivity contribution in [3.05, 3.63) is 35.9 Å². The fourth-order valence-electron chi connectivity index (χ4n) is 3.12. The number of rotatable bonds is 4. The molecule has 2 saturated heterocycles. The maximum absolute atomic E-state index is 12.5. The molecule has 0 N–H and O–H groups in total. The van der Waals surface area contributed by atoms with Crippen molar-refractivity contribution in [2.24, 2.45) is 5.92 Å². The number of carbonyl (C=O) groups excluding carboxylic acids is 2. The van der Waals surface area contributed by atoms with Crippen LogP contribution in [0.5, 0.6) is 0 Å². The fourth-order valence-corrected chi connectivity index (χ4v) is 3.12. The number of imide groups is 1. The van der Waals surface area contributed by atoms with Crippen LogP contribution >= 0.6 is 0 Å². The highest BCUT2D eigenvalue weighted by Gasteiger charge is 2.38. The van der Waals surface area contributed by atoms with Gasteiger partial charge in [0.2, 0.25) is 5.91 Å². The largest absolute Gasteiger partial charge is 0.447 e. The van der Waals surface area contributed by atoms with E-state index in [1.54, 1.807) is 0 Å². The van der Waals surface area contributed by atoms with Gasteiger partial charge in [0.25, 0.3) is 0 Å². The van der Waals surface area contributed by atoms with Gasteiger partial charge >= 0.3 is 6.09 Å². The third-order valence-electron chi connectivity index (χ3n) is 4.26. The number of carbonyl (C=O) groups is 2. The van der Waals surface area contributed by atoms with E-state index in [2.05, 4.69) is 0 Å². The Morgan fingerprint density at radius 3 is 2.77 bits per heavy atom. The van der Waals surface area contributed by atoms with Crippen LogP contribution in [-0.2, 0) is 20.7 Å². The van der Waals surface area contributed by atoms with Crippen LogP contribution in [-0.4, -0.2) is 42.8 Å². The first kappa shape index (κ1) is 15.0. The first-order chi connectivity index (χ1) is 10.7. The molecule has 0 aromatic heterocycles. The second-order valence-corrected chi connectivity index (χ2v) is 5.97.